The molecule has 0 amide bonds. The van der Waals surface area contributed by atoms with Gasteiger partial charge in [-0.1, -0.05) is 12.1 Å². The van der Waals surface area contributed by atoms with Crippen molar-refractivity contribution < 1.29 is 9.53 Å². The van der Waals surface area contributed by atoms with Crippen molar-refractivity contribution in [2.24, 2.45) is 0 Å². The standard InChI is InChI=1S/C17H17N3O2S/c1-2-22-17(21)16-19-14-6-4-3-5-13(14)15(20-16)18-9-7-12-8-10-23-11-12/h3-6,8,10-11H,2,7,9H2,1H3,(H,18,19,20). The van der Waals surface area contributed by atoms with Gasteiger partial charge in [0.2, 0.25) is 5.82 Å². The molecule has 0 aliphatic carbocycles. The van der Waals surface area contributed by atoms with Crippen molar-refractivity contribution in [3.8, 4) is 0 Å². The molecule has 118 valence electrons. The Labute approximate surface area is 138 Å². The summed E-state index contributed by atoms with van der Waals surface area (Å²) < 4.78 is 5.00. The molecule has 1 aromatic carbocycles. The van der Waals surface area contributed by atoms with E-state index >= 15 is 0 Å². The zero-order valence-corrected chi connectivity index (χ0v) is 13.6. The van der Waals surface area contributed by atoms with Crippen molar-refractivity contribution in [1.82, 2.24) is 9.97 Å². The molecule has 3 rings (SSSR count). The van der Waals surface area contributed by atoms with Gasteiger partial charge in [0.1, 0.15) is 5.82 Å². The van der Waals surface area contributed by atoms with Crippen LogP contribution in [0, 0.1) is 0 Å². The maximum atomic E-state index is 11.9. The Bertz CT molecular complexity index is 803. The maximum Gasteiger partial charge on any atom is 0.376 e. The summed E-state index contributed by atoms with van der Waals surface area (Å²) in [6.45, 7) is 2.80. The van der Waals surface area contributed by atoms with Crippen LogP contribution in [0.1, 0.15) is 23.1 Å². The summed E-state index contributed by atoms with van der Waals surface area (Å²) in [6, 6.07) is 9.73. The number of fused-ring (bicyclic) bond motifs is 1. The smallest absolute Gasteiger partial charge is 0.376 e. The minimum absolute atomic E-state index is 0.0867. The van der Waals surface area contributed by atoms with Crippen LogP contribution in [0.4, 0.5) is 5.82 Å². The highest BCUT2D eigenvalue weighted by Crippen LogP contribution is 2.20. The second-order valence-corrected chi connectivity index (χ2v) is 5.72. The zero-order chi connectivity index (χ0) is 16.1. The average Bonchev–Trinajstić information content (AvgIpc) is 3.08. The van der Waals surface area contributed by atoms with E-state index in [2.05, 4.69) is 32.1 Å². The predicted octanol–water partition coefficient (Wildman–Crippen LogP) is 3.52. The molecule has 0 aliphatic heterocycles. The molecule has 0 aliphatic rings. The number of benzene rings is 1. The quantitative estimate of drug-likeness (QED) is 0.702. The summed E-state index contributed by atoms with van der Waals surface area (Å²) in [5.74, 6) is 0.247. The first kappa shape index (κ1) is 15.4. The number of hydrogen-bond donors (Lipinski definition) is 1. The first-order chi connectivity index (χ1) is 11.3. The molecule has 0 unspecified atom stereocenters. The van der Waals surface area contributed by atoms with Crippen LogP contribution in [-0.4, -0.2) is 29.1 Å². The van der Waals surface area contributed by atoms with Crippen LogP contribution < -0.4 is 5.32 Å². The van der Waals surface area contributed by atoms with Crippen molar-refractivity contribution in [2.45, 2.75) is 13.3 Å². The van der Waals surface area contributed by atoms with Crippen molar-refractivity contribution in [3.05, 3.63) is 52.5 Å². The molecule has 2 heterocycles. The summed E-state index contributed by atoms with van der Waals surface area (Å²) in [5.41, 5.74) is 2.01. The van der Waals surface area contributed by atoms with E-state index in [1.54, 1.807) is 18.3 Å². The van der Waals surface area contributed by atoms with Crippen molar-refractivity contribution in [3.63, 3.8) is 0 Å². The van der Waals surface area contributed by atoms with Crippen LogP contribution in [0.5, 0.6) is 0 Å². The van der Waals surface area contributed by atoms with E-state index in [0.717, 1.165) is 23.9 Å². The minimum atomic E-state index is -0.501. The molecule has 23 heavy (non-hydrogen) atoms. The number of rotatable bonds is 6. The molecule has 0 atom stereocenters. The summed E-state index contributed by atoms with van der Waals surface area (Å²) in [7, 11) is 0. The van der Waals surface area contributed by atoms with Gasteiger partial charge < -0.3 is 10.1 Å². The number of anilines is 1. The normalized spacial score (nSPS) is 10.7. The van der Waals surface area contributed by atoms with Crippen LogP contribution in [0.25, 0.3) is 10.9 Å². The Balaban J connectivity index is 1.85. The van der Waals surface area contributed by atoms with Crippen molar-refractivity contribution in [2.75, 3.05) is 18.5 Å². The second kappa shape index (κ2) is 7.19. The molecule has 1 N–H and O–H groups in total. The van der Waals surface area contributed by atoms with Crippen LogP contribution in [-0.2, 0) is 11.2 Å². The number of aromatic nitrogens is 2. The van der Waals surface area contributed by atoms with Gasteiger partial charge in [0.15, 0.2) is 0 Å². The number of hydrogen-bond acceptors (Lipinski definition) is 6. The molecule has 0 fully saturated rings. The van der Waals surface area contributed by atoms with Crippen LogP contribution in [0.3, 0.4) is 0 Å². The van der Waals surface area contributed by atoms with E-state index < -0.39 is 5.97 Å². The summed E-state index contributed by atoms with van der Waals surface area (Å²) in [4.78, 5) is 20.6. The highest BCUT2D eigenvalue weighted by atomic mass is 32.1. The average molecular weight is 327 g/mol. The minimum Gasteiger partial charge on any atom is -0.460 e. The third-order valence-electron chi connectivity index (χ3n) is 3.35. The molecular formula is C17H17N3O2S. The Morgan fingerprint density at radius 2 is 2.13 bits per heavy atom. The van der Waals surface area contributed by atoms with E-state index in [1.165, 1.54) is 5.56 Å². The molecular weight excluding hydrogens is 310 g/mol. The van der Waals surface area contributed by atoms with Gasteiger partial charge in [-0.25, -0.2) is 14.8 Å². The SMILES string of the molecule is CCOC(=O)c1nc(NCCc2ccsc2)c2ccccc2n1. The zero-order valence-electron chi connectivity index (χ0n) is 12.8. The number of nitrogens with zero attached hydrogens (tertiary/aromatic N) is 2. The summed E-state index contributed by atoms with van der Waals surface area (Å²) >= 11 is 1.69. The van der Waals surface area contributed by atoms with Gasteiger partial charge in [0, 0.05) is 11.9 Å². The lowest BCUT2D eigenvalue weighted by atomic mass is 10.2. The van der Waals surface area contributed by atoms with Gasteiger partial charge in [-0.15, -0.1) is 0 Å². The Kier molecular flexibility index (Phi) is 4.83. The lowest BCUT2D eigenvalue weighted by molar-refractivity contribution is 0.0512. The Morgan fingerprint density at radius 1 is 1.26 bits per heavy atom. The lowest BCUT2D eigenvalue weighted by Gasteiger charge is -2.10. The third-order valence-corrected chi connectivity index (χ3v) is 4.08. The van der Waals surface area contributed by atoms with Crippen molar-refractivity contribution in [1.29, 1.82) is 0 Å². The Morgan fingerprint density at radius 3 is 2.91 bits per heavy atom. The van der Waals surface area contributed by atoms with Gasteiger partial charge in [0.05, 0.1) is 12.1 Å². The molecule has 6 heteroatoms. The first-order valence-electron chi connectivity index (χ1n) is 7.47. The number of nitrogens with one attached hydrogen (secondary N) is 1. The maximum absolute atomic E-state index is 11.9. The fourth-order valence-corrected chi connectivity index (χ4v) is 2.96. The van der Waals surface area contributed by atoms with E-state index in [0.29, 0.717) is 12.4 Å². The van der Waals surface area contributed by atoms with Crippen LogP contribution >= 0.6 is 11.3 Å². The van der Waals surface area contributed by atoms with Crippen LogP contribution in [0.15, 0.2) is 41.1 Å². The van der Waals surface area contributed by atoms with Gasteiger partial charge in [-0.3, -0.25) is 0 Å². The van der Waals surface area contributed by atoms with Gasteiger partial charge in [-0.2, -0.15) is 11.3 Å². The Hall–Kier alpha value is -2.47. The third kappa shape index (κ3) is 3.65. The van der Waals surface area contributed by atoms with Gasteiger partial charge in [0.25, 0.3) is 0 Å². The first-order valence-corrected chi connectivity index (χ1v) is 8.41. The number of thiophene rings is 1. The summed E-state index contributed by atoms with van der Waals surface area (Å²) in [5, 5.41) is 8.40. The molecule has 0 radical (unpaired) electrons. The highest BCUT2D eigenvalue weighted by Gasteiger charge is 2.14. The molecule has 0 bridgehead atoms. The topological polar surface area (TPSA) is 64.1 Å². The van der Waals surface area contributed by atoms with E-state index in [9.17, 15) is 4.79 Å². The molecule has 0 saturated heterocycles. The predicted molar refractivity (Wildman–Crippen MR) is 92.0 cm³/mol. The lowest BCUT2D eigenvalue weighted by Crippen LogP contribution is -2.13. The number of para-hydroxylation sites is 1. The fraction of sp³-hybridized carbons (Fsp3) is 0.235. The largest absolute Gasteiger partial charge is 0.460 e. The van der Waals surface area contributed by atoms with E-state index in [-0.39, 0.29) is 5.82 Å². The number of esters is 1. The summed E-state index contributed by atoms with van der Waals surface area (Å²) in [6.07, 6.45) is 0.899. The molecule has 0 spiro atoms. The van der Waals surface area contributed by atoms with Gasteiger partial charge in [-0.05, 0) is 47.9 Å². The molecule has 0 saturated carbocycles. The highest BCUT2D eigenvalue weighted by molar-refractivity contribution is 7.07. The number of ether oxygens (including phenoxy) is 1. The number of carbonyl (C=O) groups excluding carboxylic acids is 1. The molecule has 3 aromatic rings. The van der Waals surface area contributed by atoms with Crippen LogP contribution in [0.2, 0.25) is 0 Å². The second-order valence-electron chi connectivity index (χ2n) is 4.94. The molecule has 2 aromatic heterocycles. The van der Waals surface area contributed by atoms with E-state index in [1.807, 2.05) is 24.3 Å². The fourth-order valence-electron chi connectivity index (χ4n) is 2.26. The number of carbonyl (C=O) groups is 1. The van der Waals surface area contributed by atoms with Gasteiger partial charge >= 0.3 is 5.97 Å². The molecule has 5 nitrogen and oxygen atoms in total. The monoisotopic (exact) mass is 327 g/mol. The van der Waals surface area contributed by atoms with Crippen molar-refractivity contribution >= 4 is 34.0 Å². The van der Waals surface area contributed by atoms with E-state index in [4.69, 9.17) is 4.74 Å².